The van der Waals surface area contributed by atoms with E-state index in [9.17, 15) is 0 Å². The maximum Gasteiger partial charge on any atom is -1.00 e. The number of hydrogen-bond donors (Lipinski definition) is 0. The quantitative estimate of drug-likeness (QED) is 0.256. The van der Waals surface area contributed by atoms with Crippen LogP contribution < -0.4 is 24.8 Å². The fraction of sp³-hybridized carbons (Fsp3) is 0.386. The van der Waals surface area contributed by atoms with E-state index in [-0.39, 0.29) is 41.1 Å². The summed E-state index contributed by atoms with van der Waals surface area (Å²) in [6.07, 6.45) is 6.02. The fourth-order valence-electron chi connectivity index (χ4n) is 9.06. The SMILES string of the molecule is CC1=CC(C)[C]([Zr+2](=[CH]c2ccc(C(C)(C)C)cc2)[C]2=C(C)c3cc4c(cc3C2(C)C)Cc2cc3c(cc2-4)C(C)=CC3(C)C)=C1C.[Cl-].[Cl-]. The Morgan fingerprint density at radius 3 is 1.85 bits per heavy atom. The molecule has 3 aromatic rings. The Labute approximate surface area is 304 Å². The van der Waals surface area contributed by atoms with Gasteiger partial charge in [0.05, 0.1) is 0 Å². The molecule has 0 fully saturated rings. The molecule has 1 unspecified atom stereocenters. The van der Waals surface area contributed by atoms with E-state index in [4.69, 9.17) is 0 Å². The molecule has 0 radical (unpaired) electrons. The van der Waals surface area contributed by atoms with Crippen molar-refractivity contribution in [1.29, 1.82) is 0 Å². The number of allylic oxidation sites excluding steroid dienone is 8. The molecule has 0 spiro atoms. The van der Waals surface area contributed by atoms with Gasteiger partial charge < -0.3 is 24.8 Å². The van der Waals surface area contributed by atoms with Crippen molar-refractivity contribution in [1.82, 2.24) is 0 Å². The van der Waals surface area contributed by atoms with E-state index in [0.29, 0.717) is 5.92 Å². The van der Waals surface area contributed by atoms with Crippen molar-refractivity contribution >= 4 is 14.9 Å². The molecule has 0 aliphatic heterocycles. The molecular weight excluding hydrogens is 691 g/mol. The average molecular weight is 741 g/mol. The Kier molecular flexibility index (Phi) is 9.31. The average Bonchev–Trinajstić information content (AvgIpc) is 3.57. The molecule has 0 heterocycles. The van der Waals surface area contributed by atoms with Crippen LogP contribution in [0.1, 0.15) is 128 Å². The Hall–Kier alpha value is -2.05. The van der Waals surface area contributed by atoms with E-state index in [2.05, 4.69) is 147 Å². The second kappa shape index (κ2) is 12.1. The van der Waals surface area contributed by atoms with Crippen molar-refractivity contribution in [2.24, 2.45) is 5.92 Å². The van der Waals surface area contributed by atoms with Crippen molar-refractivity contribution in [3.8, 4) is 11.1 Å². The standard InChI is InChI=1S/C25H25.C11H14.C8H11.2ClH.Zr/c1-14-12-24(3,4)22-8-16-7-17-9-23-19(15(2)13-25(23,5)6)11-21(17)20(16)10-18(14)22;1-9-5-7-10(8-6-9)11(2,3)4;1-6-4-7(2)8(3)5-6;;;/h8-12H,7H2,1-6H3;1,5-8H,2-4H3;4,6H,1-3H3;2*1H;/q;;;;;+2/p-2. The van der Waals surface area contributed by atoms with Crippen molar-refractivity contribution in [2.75, 3.05) is 0 Å². The maximum atomic E-state index is 2.77. The maximum absolute atomic E-state index is 2.77. The summed E-state index contributed by atoms with van der Waals surface area (Å²) in [5.74, 6) is 0.517. The molecule has 0 saturated heterocycles. The summed E-state index contributed by atoms with van der Waals surface area (Å²) in [6.45, 7) is 28.6. The molecule has 7 rings (SSSR count). The predicted octanol–water partition coefficient (Wildman–Crippen LogP) is 5.62. The largest absolute Gasteiger partial charge is 1.00 e. The third-order valence-corrected chi connectivity index (χ3v) is 20.3. The van der Waals surface area contributed by atoms with Gasteiger partial charge in [-0.3, -0.25) is 0 Å². The molecule has 47 heavy (non-hydrogen) atoms. The molecule has 244 valence electrons. The molecule has 0 bridgehead atoms. The Morgan fingerprint density at radius 1 is 0.723 bits per heavy atom. The Bertz CT molecular complexity index is 1980. The third kappa shape index (κ3) is 5.66. The summed E-state index contributed by atoms with van der Waals surface area (Å²) in [5, 5.41) is 0. The van der Waals surface area contributed by atoms with Gasteiger partial charge in [-0.15, -0.1) is 0 Å². The van der Waals surface area contributed by atoms with E-state index in [1.54, 1.807) is 23.3 Å². The first-order valence-electron chi connectivity index (χ1n) is 17.0. The van der Waals surface area contributed by atoms with Gasteiger partial charge in [0.25, 0.3) is 0 Å². The van der Waals surface area contributed by atoms with Crippen LogP contribution in [0.2, 0.25) is 0 Å². The summed E-state index contributed by atoms with van der Waals surface area (Å²) in [6, 6.07) is 19.8. The summed E-state index contributed by atoms with van der Waals surface area (Å²) < 4.78 is 6.30. The first-order valence-corrected chi connectivity index (χ1v) is 20.9. The van der Waals surface area contributed by atoms with E-state index < -0.39 is 21.3 Å². The smallest absolute Gasteiger partial charge is 1.00 e. The topological polar surface area (TPSA) is 0 Å². The number of fused-ring (bicyclic) bond motifs is 5. The number of benzene rings is 3. The van der Waals surface area contributed by atoms with Crippen LogP contribution in [0.15, 0.2) is 78.4 Å². The molecule has 0 N–H and O–H groups in total. The minimum Gasteiger partial charge on any atom is -1.00 e. The molecule has 4 aliphatic carbocycles. The van der Waals surface area contributed by atoms with Crippen molar-refractivity contribution in [2.45, 2.75) is 106 Å². The monoisotopic (exact) mass is 738 g/mol. The summed E-state index contributed by atoms with van der Waals surface area (Å²) >= 11 is -2.51. The molecule has 3 aromatic carbocycles. The van der Waals surface area contributed by atoms with Crippen molar-refractivity contribution in [3.05, 3.63) is 123 Å². The van der Waals surface area contributed by atoms with E-state index in [0.717, 1.165) is 6.42 Å². The molecule has 3 heteroatoms. The Morgan fingerprint density at radius 2 is 1.30 bits per heavy atom. The van der Waals surface area contributed by atoms with Crippen LogP contribution in [0.25, 0.3) is 22.3 Å². The van der Waals surface area contributed by atoms with Gasteiger partial charge in [-0.25, -0.2) is 0 Å². The van der Waals surface area contributed by atoms with Crippen LogP contribution in [0.3, 0.4) is 0 Å². The first-order chi connectivity index (χ1) is 21.0. The van der Waals surface area contributed by atoms with Crippen LogP contribution in [-0.4, -0.2) is 3.71 Å². The van der Waals surface area contributed by atoms with Crippen LogP contribution in [0.5, 0.6) is 0 Å². The van der Waals surface area contributed by atoms with Gasteiger partial charge >= 0.3 is 282 Å². The normalized spacial score (nSPS) is 19.9. The number of hydrogen-bond acceptors (Lipinski definition) is 0. The zero-order chi connectivity index (χ0) is 32.4. The molecule has 4 aliphatic rings. The van der Waals surface area contributed by atoms with Gasteiger partial charge in [0.2, 0.25) is 0 Å². The van der Waals surface area contributed by atoms with Gasteiger partial charge in [-0.1, -0.05) is 0 Å². The summed E-state index contributed by atoms with van der Waals surface area (Å²) in [7, 11) is 0. The summed E-state index contributed by atoms with van der Waals surface area (Å²) in [4.78, 5) is 0. The fourth-order valence-corrected chi connectivity index (χ4v) is 18.0. The molecule has 0 saturated carbocycles. The van der Waals surface area contributed by atoms with Crippen LogP contribution in [0.4, 0.5) is 0 Å². The minimum absolute atomic E-state index is 0. The van der Waals surface area contributed by atoms with Gasteiger partial charge in [-0.05, 0) is 0 Å². The van der Waals surface area contributed by atoms with E-state index in [1.807, 2.05) is 0 Å². The number of rotatable bonds is 3. The van der Waals surface area contributed by atoms with Crippen molar-refractivity contribution in [3.63, 3.8) is 0 Å². The van der Waals surface area contributed by atoms with E-state index in [1.165, 1.54) is 61.2 Å². The van der Waals surface area contributed by atoms with Gasteiger partial charge in [0, 0.05) is 0 Å². The van der Waals surface area contributed by atoms with E-state index >= 15 is 0 Å². The zero-order valence-electron chi connectivity index (χ0n) is 30.4. The number of halogens is 2. The molecule has 1 atom stereocenters. The first kappa shape index (κ1) is 36.2. The van der Waals surface area contributed by atoms with Gasteiger partial charge in [0.1, 0.15) is 0 Å². The minimum atomic E-state index is -2.51. The zero-order valence-corrected chi connectivity index (χ0v) is 34.4. The molecule has 0 aromatic heterocycles. The van der Waals surface area contributed by atoms with Gasteiger partial charge in [0.15, 0.2) is 0 Å². The van der Waals surface area contributed by atoms with Gasteiger partial charge in [-0.2, -0.15) is 0 Å². The third-order valence-electron chi connectivity index (χ3n) is 11.5. The van der Waals surface area contributed by atoms with Crippen LogP contribution in [0, 0.1) is 5.92 Å². The van der Waals surface area contributed by atoms with Crippen LogP contribution >= 0.6 is 0 Å². The van der Waals surface area contributed by atoms with Crippen LogP contribution in [-0.2, 0) is 43.9 Å². The predicted molar refractivity (Wildman–Crippen MR) is 193 cm³/mol. The summed E-state index contributed by atoms with van der Waals surface area (Å²) in [5.41, 5.74) is 21.1. The molecule has 0 nitrogen and oxygen atoms in total. The molecule has 0 amide bonds. The Balaban J connectivity index is 0.00000217. The second-order valence-corrected chi connectivity index (χ2v) is 21.9. The molecular formula is C44H50Cl2Zr. The van der Waals surface area contributed by atoms with Crippen molar-refractivity contribution < 1.29 is 46.1 Å². The second-order valence-electron chi connectivity index (χ2n) is 16.6.